The van der Waals surface area contributed by atoms with Gasteiger partial charge < -0.3 is 14.5 Å². The first-order valence-electron chi connectivity index (χ1n) is 10.6. The summed E-state index contributed by atoms with van der Waals surface area (Å²) < 4.78 is 7.13. The first-order chi connectivity index (χ1) is 15.0. The Morgan fingerprint density at radius 3 is 2.58 bits per heavy atom. The van der Waals surface area contributed by atoms with Gasteiger partial charge >= 0.3 is 5.97 Å². The molecule has 0 atom stereocenters. The van der Waals surface area contributed by atoms with Gasteiger partial charge in [0, 0.05) is 37.9 Å². The Kier molecular flexibility index (Phi) is 6.11. The summed E-state index contributed by atoms with van der Waals surface area (Å²) >= 11 is 0. The maximum Gasteiger partial charge on any atom is 0.338 e. The molecular weight excluding hydrogens is 394 g/mol. The Balaban J connectivity index is 1.84. The number of nitrogens with zero attached hydrogens (tertiary/aromatic N) is 4. The first-order valence-corrected chi connectivity index (χ1v) is 10.6. The molecule has 3 aromatic heterocycles. The molecule has 0 bridgehead atoms. The van der Waals surface area contributed by atoms with Crippen LogP contribution >= 0.6 is 0 Å². The number of carbonyl (C=O) groups excluding carboxylic acids is 2. The predicted molar refractivity (Wildman–Crippen MR) is 117 cm³/mol. The fourth-order valence-electron chi connectivity index (χ4n) is 4.01. The van der Waals surface area contributed by atoms with Crippen molar-refractivity contribution in [1.82, 2.24) is 24.8 Å². The van der Waals surface area contributed by atoms with Crippen molar-refractivity contribution in [2.45, 2.75) is 20.8 Å². The van der Waals surface area contributed by atoms with Gasteiger partial charge in [-0.3, -0.25) is 9.69 Å². The molecule has 4 heterocycles. The normalized spacial score (nSPS) is 14.7. The van der Waals surface area contributed by atoms with Crippen LogP contribution in [0.1, 0.15) is 39.0 Å². The molecule has 162 valence electrons. The lowest BCUT2D eigenvalue weighted by atomic mass is 10.0. The second kappa shape index (κ2) is 8.95. The van der Waals surface area contributed by atoms with Gasteiger partial charge in [0.05, 0.1) is 41.3 Å². The monoisotopic (exact) mass is 421 g/mol. The number of rotatable bonds is 6. The van der Waals surface area contributed by atoms with Gasteiger partial charge in [-0.25, -0.2) is 4.79 Å². The number of pyridine rings is 1. The van der Waals surface area contributed by atoms with Crippen molar-refractivity contribution in [3.05, 3.63) is 53.0 Å². The minimum atomic E-state index is -0.430. The number of esters is 1. The summed E-state index contributed by atoms with van der Waals surface area (Å²) in [6.07, 6.45) is 1.86. The van der Waals surface area contributed by atoms with Crippen molar-refractivity contribution in [2.24, 2.45) is 0 Å². The second-order valence-corrected chi connectivity index (χ2v) is 7.75. The molecule has 0 spiro atoms. The molecule has 1 N–H and O–H groups in total. The molecule has 8 nitrogen and oxygen atoms in total. The highest BCUT2D eigenvalue weighted by molar-refractivity contribution is 6.03. The van der Waals surface area contributed by atoms with Gasteiger partial charge in [0.25, 0.3) is 0 Å². The van der Waals surface area contributed by atoms with Gasteiger partial charge in [0.15, 0.2) is 5.78 Å². The molecule has 4 rings (SSSR count). The lowest BCUT2D eigenvalue weighted by Crippen LogP contribution is -2.45. The highest BCUT2D eigenvalue weighted by Crippen LogP contribution is 2.29. The van der Waals surface area contributed by atoms with E-state index in [1.807, 2.05) is 42.6 Å². The Morgan fingerprint density at radius 2 is 1.90 bits per heavy atom. The molecule has 3 aromatic rings. The Morgan fingerprint density at radius 1 is 1.13 bits per heavy atom. The number of ether oxygens (including phenoxy) is 1. The molecule has 0 aliphatic carbocycles. The van der Waals surface area contributed by atoms with Crippen LogP contribution in [0.2, 0.25) is 0 Å². The number of hydrogen-bond acceptors (Lipinski definition) is 7. The molecule has 0 radical (unpaired) electrons. The summed E-state index contributed by atoms with van der Waals surface area (Å²) in [6.45, 7) is 9.41. The average molecular weight is 422 g/mol. The van der Waals surface area contributed by atoms with Crippen molar-refractivity contribution in [3.63, 3.8) is 0 Å². The quantitative estimate of drug-likeness (QED) is 0.482. The van der Waals surface area contributed by atoms with Crippen molar-refractivity contribution >= 4 is 17.3 Å². The van der Waals surface area contributed by atoms with E-state index in [0.717, 1.165) is 43.0 Å². The van der Waals surface area contributed by atoms with E-state index in [1.54, 1.807) is 13.0 Å². The molecule has 0 amide bonds. The summed E-state index contributed by atoms with van der Waals surface area (Å²) in [6, 6.07) is 7.48. The number of aryl methyl sites for hydroxylation is 1. The van der Waals surface area contributed by atoms with Crippen LogP contribution in [0, 0.1) is 13.8 Å². The van der Waals surface area contributed by atoms with Crippen LogP contribution in [0.5, 0.6) is 0 Å². The molecule has 1 aliphatic heterocycles. The topological polar surface area (TPSA) is 88.8 Å². The zero-order valence-electron chi connectivity index (χ0n) is 18.1. The predicted octanol–water partition coefficient (Wildman–Crippen LogP) is 2.28. The molecule has 0 saturated carbocycles. The van der Waals surface area contributed by atoms with Crippen LogP contribution in [-0.4, -0.2) is 70.6 Å². The number of piperazine rings is 1. The smallest absolute Gasteiger partial charge is 0.338 e. The van der Waals surface area contributed by atoms with Gasteiger partial charge in [0.1, 0.15) is 0 Å². The van der Waals surface area contributed by atoms with E-state index in [-0.39, 0.29) is 12.4 Å². The summed E-state index contributed by atoms with van der Waals surface area (Å²) in [5.41, 5.74) is 4.59. The second-order valence-electron chi connectivity index (χ2n) is 7.75. The number of aromatic nitrogens is 3. The van der Waals surface area contributed by atoms with E-state index < -0.39 is 5.97 Å². The zero-order valence-corrected chi connectivity index (χ0v) is 18.1. The van der Waals surface area contributed by atoms with Crippen LogP contribution in [0.4, 0.5) is 0 Å². The first kappa shape index (κ1) is 21.1. The highest BCUT2D eigenvalue weighted by atomic mass is 16.5. The Hall–Kier alpha value is -3.10. The Bertz CT molecular complexity index is 1110. The third-order valence-electron chi connectivity index (χ3n) is 5.62. The van der Waals surface area contributed by atoms with Crippen molar-refractivity contribution in [1.29, 1.82) is 0 Å². The van der Waals surface area contributed by atoms with E-state index in [4.69, 9.17) is 4.74 Å². The maximum absolute atomic E-state index is 13.4. The number of nitrogens with one attached hydrogen (secondary N) is 1. The Labute approximate surface area is 181 Å². The van der Waals surface area contributed by atoms with Crippen LogP contribution in [0.3, 0.4) is 0 Å². The fourth-order valence-corrected chi connectivity index (χ4v) is 4.01. The number of fused-ring (bicyclic) bond motifs is 1. The molecule has 0 aromatic carbocycles. The minimum absolute atomic E-state index is 0.0207. The van der Waals surface area contributed by atoms with Crippen LogP contribution in [0.25, 0.3) is 16.8 Å². The summed E-state index contributed by atoms with van der Waals surface area (Å²) in [5.74, 6) is -0.450. The molecular formula is C23H27N5O3. The fraction of sp³-hybridized carbons (Fsp3) is 0.391. The molecule has 8 heteroatoms. The van der Waals surface area contributed by atoms with E-state index in [2.05, 4.69) is 20.4 Å². The lowest BCUT2D eigenvalue weighted by molar-refractivity contribution is 0.0525. The average Bonchev–Trinajstić information content (AvgIpc) is 3.18. The van der Waals surface area contributed by atoms with E-state index in [1.165, 1.54) is 0 Å². The molecule has 0 unspecified atom stereocenters. The number of Topliss-reactive ketones (excluding diaryl/α,β-unsaturated/α-hetero) is 1. The molecule has 1 fully saturated rings. The zero-order chi connectivity index (χ0) is 22.0. The van der Waals surface area contributed by atoms with E-state index >= 15 is 0 Å². The van der Waals surface area contributed by atoms with Crippen molar-refractivity contribution < 1.29 is 14.3 Å². The third kappa shape index (κ3) is 4.22. The van der Waals surface area contributed by atoms with Crippen LogP contribution < -0.4 is 5.32 Å². The van der Waals surface area contributed by atoms with Crippen LogP contribution in [0.15, 0.2) is 30.5 Å². The molecule has 1 aliphatic rings. The summed E-state index contributed by atoms with van der Waals surface area (Å²) in [4.78, 5) is 28.2. The van der Waals surface area contributed by atoms with Gasteiger partial charge in [-0.1, -0.05) is 0 Å². The number of hydrogen-bond donors (Lipinski definition) is 1. The largest absolute Gasteiger partial charge is 0.462 e. The van der Waals surface area contributed by atoms with Gasteiger partial charge in [0.2, 0.25) is 0 Å². The van der Waals surface area contributed by atoms with Gasteiger partial charge in [-0.05, 0) is 50.6 Å². The summed E-state index contributed by atoms with van der Waals surface area (Å²) in [5, 5.41) is 11.7. The molecule has 1 saturated heterocycles. The third-order valence-corrected chi connectivity index (χ3v) is 5.62. The highest BCUT2D eigenvalue weighted by Gasteiger charge is 2.24. The van der Waals surface area contributed by atoms with Gasteiger partial charge in [-0.15, -0.1) is 0 Å². The van der Waals surface area contributed by atoms with Crippen LogP contribution in [-0.2, 0) is 4.74 Å². The summed E-state index contributed by atoms with van der Waals surface area (Å²) in [7, 11) is 0. The standard InChI is InChI=1S/C23H27N5O3/c1-4-31-23(30)18-13-20-17(19-6-5-15(2)25-26-19)7-10-28(20)22(16(18)3)21(29)14-27-11-8-24-9-12-27/h5-7,10,13,24H,4,8-9,11-12,14H2,1-3H3. The molecule has 31 heavy (non-hydrogen) atoms. The van der Waals surface area contributed by atoms with Crippen molar-refractivity contribution in [2.75, 3.05) is 39.3 Å². The SMILES string of the molecule is CCOC(=O)c1cc2c(-c3ccc(C)nn3)ccn2c(C(=O)CN2CCNCC2)c1C. The van der Waals surface area contributed by atoms with Crippen molar-refractivity contribution in [3.8, 4) is 11.3 Å². The minimum Gasteiger partial charge on any atom is -0.462 e. The van der Waals surface area contributed by atoms with Gasteiger partial charge in [-0.2, -0.15) is 10.2 Å². The number of ketones is 1. The van der Waals surface area contributed by atoms with E-state index in [0.29, 0.717) is 29.1 Å². The van der Waals surface area contributed by atoms with E-state index in [9.17, 15) is 9.59 Å². The lowest BCUT2D eigenvalue weighted by Gasteiger charge is -2.27. The maximum atomic E-state index is 13.4. The number of carbonyl (C=O) groups is 2.